The van der Waals surface area contributed by atoms with Gasteiger partial charge in [-0.3, -0.25) is 9.97 Å². The highest BCUT2D eigenvalue weighted by Gasteiger charge is 2.25. The van der Waals surface area contributed by atoms with Crippen molar-refractivity contribution in [1.82, 2.24) is 20.6 Å². The minimum atomic E-state index is 0.544. The van der Waals surface area contributed by atoms with Gasteiger partial charge in [0, 0.05) is 61.7 Å². The molecule has 0 amide bonds. The normalized spacial score (nSPS) is 30.4. The number of hydrogen-bond donors (Lipinski definition) is 2. The molecule has 200 valence electrons. The lowest BCUT2D eigenvalue weighted by Gasteiger charge is -2.41. The average molecular weight is 495 g/mol. The highest BCUT2D eigenvalue weighted by atomic mass is 15.2. The summed E-state index contributed by atoms with van der Waals surface area (Å²) in [5.41, 5.74) is 2.50. The Labute approximate surface area is 220 Å². The molecule has 36 heavy (non-hydrogen) atoms. The number of rotatable bonds is 2. The monoisotopic (exact) mass is 494 g/mol. The summed E-state index contributed by atoms with van der Waals surface area (Å²) in [4.78, 5) is 13.3. The van der Waals surface area contributed by atoms with Gasteiger partial charge in [0.05, 0.1) is 23.8 Å². The zero-order valence-electron chi connectivity index (χ0n) is 23.5. The topological polar surface area (TPSA) is 56.3 Å². The maximum absolute atomic E-state index is 4.19. The minimum Gasteiger partial charge on any atom is -0.365 e. The van der Waals surface area contributed by atoms with Gasteiger partial charge in [-0.05, 0) is 97.9 Å². The average Bonchev–Trinajstić information content (AvgIpc) is 2.86. The van der Waals surface area contributed by atoms with Crippen LogP contribution >= 0.6 is 0 Å². The Hall–Kier alpha value is -2.18. The van der Waals surface area contributed by atoms with Gasteiger partial charge in [-0.2, -0.15) is 0 Å². The van der Waals surface area contributed by atoms with Gasteiger partial charge in [0.15, 0.2) is 0 Å². The largest absolute Gasteiger partial charge is 0.365 e. The fraction of sp³-hybridized carbons (Fsp3) is 0.667. The molecule has 0 aliphatic carbocycles. The standard InChI is InChI=1S/C12H18N2.C11H17N3.C7H15N/c1-10-5-3-6-11(2)14(10)12-7-4-8-13-9-12;1-9-6-13-7-10(2)14(9)11-4-3-5-12-8-11;1-6-4-3-5-7(2)8-6/h4,7-11H,3,5-6H2,1-2H3;3-5,8-10,13H,6-7H2,1-2H3;6-8H,3-5H2,1-2H3/t10-,11+;9-,10+;6-,7+. The smallest absolute Gasteiger partial charge is 0.0558 e. The number of nitrogens with one attached hydrogen (secondary N) is 2. The van der Waals surface area contributed by atoms with Crippen LogP contribution < -0.4 is 20.4 Å². The van der Waals surface area contributed by atoms with Gasteiger partial charge in [-0.25, -0.2) is 0 Å². The van der Waals surface area contributed by atoms with Crippen molar-refractivity contribution in [3.05, 3.63) is 49.1 Å². The molecule has 2 N–H and O–H groups in total. The van der Waals surface area contributed by atoms with Gasteiger partial charge in [0.25, 0.3) is 0 Å². The first-order valence-corrected chi connectivity index (χ1v) is 14.2. The predicted molar refractivity (Wildman–Crippen MR) is 154 cm³/mol. The van der Waals surface area contributed by atoms with E-state index >= 15 is 0 Å². The van der Waals surface area contributed by atoms with E-state index in [4.69, 9.17) is 0 Å². The molecule has 3 aliphatic rings. The number of piperazine rings is 1. The van der Waals surface area contributed by atoms with Crippen LogP contribution in [-0.2, 0) is 0 Å². The van der Waals surface area contributed by atoms with Crippen LogP contribution in [0, 0.1) is 0 Å². The SMILES string of the molecule is C[C@@H]1CCC[C@H](C)N1.C[C@@H]1CCC[C@H](C)N1c1cccnc1.C[C@@H]1CNC[C@H](C)N1c1cccnc1. The van der Waals surface area contributed by atoms with Crippen molar-refractivity contribution in [1.29, 1.82) is 0 Å². The molecule has 3 saturated heterocycles. The fourth-order valence-electron chi connectivity index (χ4n) is 5.97. The van der Waals surface area contributed by atoms with Gasteiger partial charge in [0.1, 0.15) is 0 Å². The van der Waals surface area contributed by atoms with Crippen molar-refractivity contribution < 1.29 is 0 Å². The van der Waals surface area contributed by atoms with E-state index < -0.39 is 0 Å². The minimum absolute atomic E-state index is 0.544. The van der Waals surface area contributed by atoms with Crippen LogP contribution in [0.4, 0.5) is 11.4 Å². The molecule has 3 fully saturated rings. The van der Waals surface area contributed by atoms with Crippen LogP contribution in [0.2, 0.25) is 0 Å². The summed E-state index contributed by atoms with van der Waals surface area (Å²) in [5, 5.41) is 6.90. The summed E-state index contributed by atoms with van der Waals surface area (Å²) in [6.07, 6.45) is 15.7. The Morgan fingerprint density at radius 3 is 1.47 bits per heavy atom. The summed E-state index contributed by atoms with van der Waals surface area (Å²) in [7, 11) is 0. The Kier molecular flexibility index (Phi) is 11.5. The molecule has 0 aromatic carbocycles. The molecule has 0 radical (unpaired) electrons. The van der Waals surface area contributed by atoms with Crippen LogP contribution in [0.5, 0.6) is 0 Å². The summed E-state index contributed by atoms with van der Waals surface area (Å²) < 4.78 is 0. The second kappa shape index (κ2) is 14.5. The third-order valence-electron chi connectivity index (χ3n) is 7.75. The maximum Gasteiger partial charge on any atom is 0.0558 e. The number of anilines is 2. The molecule has 0 unspecified atom stereocenters. The number of pyridine rings is 2. The summed E-state index contributed by atoms with van der Waals surface area (Å²) >= 11 is 0. The third kappa shape index (κ3) is 8.45. The Balaban J connectivity index is 0.000000157. The highest BCUT2D eigenvalue weighted by molar-refractivity contribution is 5.47. The molecule has 5 heterocycles. The molecule has 2 aromatic rings. The van der Waals surface area contributed by atoms with E-state index in [2.05, 4.69) is 84.1 Å². The molecule has 6 nitrogen and oxygen atoms in total. The summed E-state index contributed by atoms with van der Waals surface area (Å²) in [6, 6.07) is 12.2. The van der Waals surface area contributed by atoms with Crippen molar-refractivity contribution in [3.8, 4) is 0 Å². The van der Waals surface area contributed by atoms with E-state index in [1.807, 2.05) is 36.9 Å². The molecule has 3 aliphatic heterocycles. The van der Waals surface area contributed by atoms with Gasteiger partial charge in [0.2, 0.25) is 0 Å². The van der Waals surface area contributed by atoms with Gasteiger partial charge in [-0.1, -0.05) is 6.42 Å². The lowest BCUT2D eigenvalue weighted by atomic mass is 9.97. The maximum atomic E-state index is 4.19. The molecule has 0 spiro atoms. The van der Waals surface area contributed by atoms with Gasteiger partial charge in [-0.15, -0.1) is 0 Å². The molecule has 0 bridgehead atoms. The van der Waals surface area contributed by atoms with Gasteiger partial charge >= 0.3 is 0 Å². The second-order valence-electron chi connectivity index (χ2n) is 11.1. The molecule has 5 rings (SSSR count). The summed E-state index contributed by atoms with van der Waals surface area (Å²) in [5.74, 6) is 0. The first kappa shape index (κ1) is 28.4. The molecule has 6 heteroatoms. The van der Waals surface area contributed by atoms with Crippen molar-refractivity contribution in [2.24, 2.45) is 0 Å². The Morgan fingerprint density at radius 2 is 1.08 bits per heavy atom. The van der Waals surface area contributed by atoms with E-state index in [0.29, 0.717) is 24.2 Å². The van der Waals surface area contributed by atoms with Gasteiger partial charge < -0.3 is 20.4 Å². The van der Waals surface area contributed by atoms with Crippen LogP contribution in [0.3, 0.4) is 0 Å². The van der Waals surface area contributed by atoms with Crippen LogP contribution in [-0.4, -0.2) is 59.3 Å². The number of nitrogens with zero attached hydrogens (tertiary/aromatic N) is 4. The van der Waals surface area contributed by atoms with E-state index in [-0.39, 0.29) is 0 Å². The zero-order valence-corrected chi connectivity index (χ0v) is 23.5. The summed E-state index contributed by atoms with van der Waals surface area (Å²) in [6.45, 7) is 15.7. The lowest BCUT2D eigenvalue weighted by molar-refractivity contribution is 0.352. The van der Waals surface area contributed by atoms with E-state index in [9.17, 15) is 0 Å². The van der Waals surface area contributed by atoms with Crippen LogP contribution in [0.1, 0.15) is 80.1 Å². The highest BCUT2D eigenvalue weighted by Crippen LogP contribution is 2.28. The molecular formula is C30H50N6. The first-order chi connectivity index (χ1) is 17.4. The fourth-order valence-corrected chi connectivity index (χ4v) is 5.97. The van der Waals surface area contributed by atoms with E-state index in [0.717, 1.165) is 25.2 Å². The quantitative estimate of drug-likeness (QED) is 0.562. The second-order valence-corrected chi connectivity index (χ2v) is 11.1. The first-order valence-electron chi connectivity index (χ1n) is 14.2. The molecule has 2 aromatic heterocycles. The Morgan fingerprint density at radius 1 is 0.639 bits per heavy atom. The Bertz CT molecular complexity index is 758. The van der Waals surface area contributed by atoms with Crippen molar-refractivity contribution >= 4 is 11.4 Å². The predicted octanol–water partition coefficient (Wildman–Crippen LogP) is 5.65. The number of hydrogen-bond acceptors (Lipinski definition) is 6. The molecular weight excluding hydrogens is 444 g/mol. The van der Waals surface area contributed by atoms with Crippen LogP contribution in [0.25, 0.3) is 0 Å². The van der Waals surface area contributed by atoms with Crippen molar-refractivity contribution in [2.45, 2.75) is 116 Å². The zero-order chi connectivity index (χ0) is 25.9. The van der Waals surface area contributed by atoms with Crippen molar-refractivity contribution in [3.63, 3.8) is 0 Å². The van der Waals surface area contributed by atoms with Crippen LogP contribution in [0.15, 0.2) is 49.1 Å². The molecule has 6 atom stereocenters. The lowest BCUT2D eigenvalue weighted by Crippen LogP contribution is -2.55. The number of piperidine rings is 2. The third-order valence-corrected chi connectivity index (χ3v) is 7.75. The van der Waals surface area contributed by atoms with E-state index in [1.54, 1.807) is 0 Å². The van der Waals surface area contributed by atoms with E-state index in [1.165, 1.54) is 49.9 Å². The molecule has 0 saturated carbocycles. The van der Waals surface area contributed by atoms with Crippen molar-refractivity contribution in [2.75, 3.05) is 22.9 Å². The number of aromatic nitrogens is 2.